The summed E-state index contributed by atoms with van der Waals surface area (Å²) in [7, 11) is 1.84. The van der Waals surface area contributed by atoms with Crippen LogP contribution >= 0.6 is 0 Å². The zero-order valence-corrected chi connectivity index (χ0v) is 12.3. The molecule has 0 saturated carbocycles. The summed E-state index contributed by atoms with van der Waals surface area (Å²) in [6.45, 7) is 0. The molecule has 1 aliphatic rings. The largest absolute Gasteiger partial charge is 0.391 e. The third-order valence-corrected chi connectivity index (χ3v) is 4.06. The number of nitrogens with zero attached hydrogens (tertiary/aromatic N) is 1. The van der Waals surface area contributed by atoms with Crippen LogP contribution in [0.1, 0.15) is 29.0 Å². The molecule has 1 N–H and O–H groups in total. The molecule has 108 valence electrons. The topological polar surface area (TPSA) is 52.9 Å². The van der Waals surface area contributed by atoms with Crippen LogP contribution in [0.25, 0.3) is 5.57 Å². The summed E-state index contributed by atoms with van der Waals surface area (Å²) in [6.07, 6.45) is 0.672. The third kappa shape index (κ3) is 2.40. The lowest BCUT2D eigenvalue weighted by molar-refractivity contribution is -0.114. The highest BCUT2D eigenvalue weighted by molar-refractivity contribution is 6.26. The molecule has 1 atom stereocenters. The van der Waals surface area contributed by atoms with E-state index in [4.69, 9.17) is 5.26 Å². The normalized spacial score (nSPS) is 17.5. The van der Waals surface area contributed by atoms with Gasteiger partial charge in [-0.05, 0) is 23.3 Å². The van der Waals surface area contributed by atoms with Gasteiger partial charge in [-0.15, -0.1) is 0 Å². The average Bonchev–Trinajstić information content (AvgIpc) is 2.92. The van der Waals surface area contributed by atoms with Gasteiger partial charge in [-0.2, -0.15) is 5.26 Å². The van der Waals surface area contributed by atoms with E-state index in [-0.39, 0.29) is 11.7 Å². The van der Waals surface area contributed by atoms with Crippen LogP contribution in [0.4, 0.5) is 0 Å². The Bertz CT molecular complexity index is 785. The summed E-state index contributed by atoms with van der Waals surface area (Å²) in [4.78, 5) is 12.9. The van der Waals surface area contributed by atoms with Gasteiger partial charge in [-0.1, -0.05) is 42.5 Å². The average molecular weight is 288 g/mol. The fourth-order valence-electron chi connectivity index (χ4n) is 2.96. The van der Waals surface area contributed by atoms with E-state index in [0.29, 0.717) is 17.6 Å². The Morgan fingerprint density at radius 2 is 1.91 bits per heavy atom. The van der Waals surface area contributed by atoms with Gasteiger partial charge in [0.25, 0.3) is 0 Å². The molecule has 0 aromatic heterocycles. The maximum absolute atomic E-state index is 12.9. The molecule has 3 rings (SSSR count). The highest BCUT2D eigenvalue weighted by Gasteiger charge is 2.34. The van der Waals surface area contributed by atoms with Crippen molar-refractivity contribution < 1.29 is 4.79 Å². The zero-order chi connectivity index (χ0) is 15.5. The van der Waals surface area contributed by atoms with Gasteiger partial charge >= 0.3 is 0 Å². The number of Topliss-reactive ketones (excluding diaryl/α,β-unsaturated/α-hetero) is 1. The van der Waals surface area contributed by atoms with Crippen LogP contribution in [-0.4, -0.2) is 12.8 Å². The van der Waals surface area contributed by atoms with Gasteiger partial charge in [-0.3, -0.25) is 4.79 Å². The van der Waals surface area contributed by atoms with Gasteiger partial charge in [0.05, 0.1) is 17.6 Å². The number of hydrogen-bond acceptors (Lipinski definition) is 3. The monoisotopic (exact) mass is 288 g/mol. The van der Waals surface area contributed by atoms with Crippen LogP contribution in [0.15, 0.2) is 60.3 Å². The minimum Gasteiger partial charge on any atom is -0.391 e. The second-order valence-corrected chi connectivity index (χ2v) is 5.33. The predicted molar refractivity (Wildman–Crippen MR) is 85.9 cm³/mol. The Morgan fingerprint density at radius 3 is 2.59 bits per heavy atom. The standard InChI is InChI=1S/C19H16N2O/c1-21-17-11-16(14-7-3-2-4-8-14)19(22)18(17)15-9-5-6-13(10-15)12-20/h2-10,16,21H,11H2,1H3. The van der Waals surface area contributed by atoms with E-state index in [1.807, 2.05) is 49.5 Å². The van der Waals surface area contributed by atoms with Crippen molar-refractivity contribution in [2.45, 2.75) is 12.3 Å². The van der Waals surface area contributed by atoms with Crippen LogP contribution in [0.2, 0.25) is 0 Å². The van der Waals surface area contributed by atoms with Crippen LogP contribution in [-0.2, 0) is 4.79 Å². The predicted octanol–water partition coefficient (Wildman–Crippen LogP) is 3.25. The maximum atomic E-state index is 12.9. The van der Waals surface area contributed by atoms with Crippen LogP contribution < -0.4 is 5.32 Å². The van der Waals surface area contributed by atoms with Crippen molar-refractivity contribution in [2.75, 3.05) is 7.05 Å². The molecule has 0 radical (unpaired) electrons. The van der Waals surface area contributed by atoms with Gasteiger partial charge in [0.1, 0.15) is 0 Å². The lowest BCUT2D eigenvalue weighted by Crippen LogP contribution is -2.08. The van der Waals surface area contributed by atoms with Crippen LogP contribution in [0.3, 0.4) is 0 Å². The van der Waals surface area contributed by atoms with Crippen molar-refractivity contribution in [3.63, 3.8) is 0 Å². The Balaban J connectivity index is 2.02. The number of hydrogen-bond donors (Lipinski definition) is 1. The van der Waals surface area contributed by atoms with Crippen LogP contribution in [0.5, 0.6) is 0 Å². The number of nitriles is 1. The molecule has 3 nitrogen and oxygen atoms in total. The van der Waals surface area contributed by atoms with Crippen molar-refractivity contribution in [3.8, 4) is 6.07 Å². The highest BCUT2D eigenvalue weighted by atomic mass is 16.1. The number of allylic oxidation sites excluding steroid dienone is 2. The van der Waals surface area contributed by atoms with E-state index in [1.54, 1.807) is 12.1 Å². The maximum Gasteiger partial charge on any atom is 0.173 e. The first-order valence-corrected chi connectivity index (χ1v) is 7.25. The number of rotatable bonds is 3. The first-order valence-electron chi connectivity index (χ1n) is 7.25. The van der Waals surface area contributed by atoms with Crippen molar-refractivity contribution in [1.29, 1.82) is 5.26 Å². The Labute approximate surface area is 129 Å². The van der Waals surface area contributed by atoms with Crippen LogP contribution in [0, 0.1) is 11.3 Å². The van der Waals surface area contributed by atoms with Crippen molar-refractivity contribution >= 4 is 11.4 Å². The van der Waals surface area contributed by atoms with Crippen molar-refractivity contribution in [1.82, 2.24) is 5.32 Å². The summed E-state index contributed by atoms with van der Waals surface area (Å²) in [6, 6.07) is 19.2. The molecule has 2 aromatic rings. The molecule has 0 spiro atoms. The molecule has 0 bridgehead atoms. The summed E-state index contributed by atoms with van der Waals surface area (Å²) < 4.78 is 0. The second-order valence-electron chi connectivity index (χ2n) is 5.33. The molecule has 22 heavy (non-hydrogen) atoms. The van der Waals surface area contributed by atoms with Crippen molar-refractivity contribution in [2.24, 2.45) is 0 Å². The first kappa shape index (κ1) is 14.1. The Kier molecular flexibility index (Phi) is 3.76. The summed E-state index contributed by atoms with van der Waals surface area (Å²) in [5, 5.41) is 12.2. The number of carbonyl (C=O) groups excluding carboxylic acids is 1. The Hall–Kier alpha value is -2.86. The van der Waals surface area contributed by atoms with E-state index < -0.39 is 0 Å². The van der Waals surface area contributed by atoms with Crippen molar-refractivity contribution in [3.05, 3.63) is 77.0 Å². The molecule has 0 amide bonds. The van der Waals surface area contributed by atoms with Gasteiger partial charge < -0.3 is 5.32 Å². The molecule has 0 heterocycles. The van der Waals surface area contributed by atoms with Gasteiger partial charge in [-0.25, -0.2) is 0 Å². The van der Waals surface area contributed by atoms with E-state index >= 15 is 0 Å². The molecular weight excluding hydrogens is 272 g/mol. The molecular formula is C19H16N2O. The zero-order valence-electron chi connectivity index (χ0n) is 12.3. The fourth-order valence-corrected chi connectivity index (χ4v) is 2.96. The third-order valence-electron chi connectivity index (χ3n) is 4.06. The van der Waals surface area contributed by atoms with Gasteiger partial charge in [0.15, 0.2) is 5.78 Å². The number of carbonyl (C=O) groups is 1. The lowest BCUT2D eigenvalue weighted by atomic mass is 9.92. The Morgan fingerprint density at radius 1 is 1.14 bits per heavy atom. The number of benzene rings is 2. The molecule has 1 unspecified atom stereocenters. The fraction of sp³-hybridized carbons (Fsp3) is 0.158. The molecule has 3 heteroatoms. The SMILES string of the molecule is CNC1=C(c2cccc(C#N)c2)C(=O)C(c2ccccc2)C1. The van der Waals surface area contributed by atoms with E-state index in [2.05, 4.69) is 11.4 Å². The minimum absolute atomic E-state index is 0.116. The molecule has 0 fully saturated rings. The van der Waals surface area contributed by atoms with E-state index in [9.17, 15) is 4.79 Å². The number of nitrogens with one attached hydrogen (secondary N) is 1. The van der Waals surface area contributed by atoms with E-state index in [1.165, 1.54) is 0 Å². The summed E-state index contributed by atoms with van der Waals surface area (Å²) in [5.74, 6) is -0.0324. The summed E-state index contributed by atoms with van der Waals surface area (Å²) in [5.41, 5.74) is 4.05. The highest BCUT2D eigenvalue weighted by Crippen LogP contribution is 2.39. The second kappa shape index (κ2) is 5.87. The molecule has 0 aliphatic heterocycles. The summed E-state index contributed by atoms with van der Waals surface area (Å²) >= 11 is 0. The first-order chi connectivity index (χ1) is 10.7. The lowest BCUT2D eigenvalue weighted by Gasteiger charge is -2.09. The van der Waals surface area contributed by atoms with Gasteiger partial charge in [0.2, 0.25) is 0 Å². The minimum atomic E-state index is -0.149. The smallest absolute Gasteiger partial charge is 0.173 e. The molecule has 0 saturated heterocycles. The quantitative estimate of drug-likeness (QED) is 0.943. The van der Waals surface area contributed by atoms with Gasteiger partial charge in [0, 0.05) is 24.7 Å². The molecule has 1 aliphatic carbocycles. The molecule has 2 aromatic carbocycles. The van der Waals surface area contributed by atoms with E-state index in [0.717, 1.165) is 16.8 Å². The number of ketones is 1.